The van der Waals surface area contributed by atoms with Crippen LogP contribution >= 0.6 is 0 Å². The summed E-state index contributed by atoms with van der Waals surface area (Å²) in [6, 6.07) is 1.33. The van der Waals surface area contributed by atoms with Gasteiger partial charge in [-0.2, -0.15) is 0 Å². The number of hydrogen-bond donors (Lipinski definition) is 1. The fourth-order valence-electron chi connectivity index (χ4n) is 2.09. The predicted octanol–water partition coefficient (Wildman–Crippen LogP) is 1.01. The highest BCUT2D eigenvalue weighted by Crippen LogP contribution is 2.07. The van der Waals surface area contributed by atoms with E-state index in [4.69, 9.17) is 0 Å². The van der Waals surface area contributed by atoms with Gasteiger partial charge < -0.3 is 10.2 Å². The maximum absolute atomic E-state index is 3.55. The summed E-state index contributed by atoms with van der Waals surface area (Å²) in [5.41, 5.74) is 0. The highest BCUT2D eigenvalue weighted by molar-refractivity contribution is 4.78. The molecule has 1 fully saturated rings. The molecule has 0 aromatic rings. The van der Waals surface area contributed by atoms with Gasteiger partial charge in [-0.15, -0.1) is 0 Å². The molecule has 1 saturated heterocycles. The molecule has 1 N–H and O–H groups in total. The molecule has 1 unspecified atom stereocenters. The third-order valence-corrected chi connectivity index (χ3v) is 3.29. The van der Waals surface area contributed by atoms with Crippen molar-refractivity contribution >= 4 is 0 Å². The lowest BCUT2D eigenvalue weighted by molar-refractivity contribution is 0.107. The van der Waals surface area contributed by atoms with Crippen molar-refractivity contribution in [1.29, 1.82) is 0 Å². The minimum atomic E-state index is 0.603. The van der Waals surface area contributed by atoms with Crippen LogP contribution in [0.15, 0.2) is 0 Å². The molecule has 3 nitrogen and oxygen atoms in total. The molecule has 1 atom stereocenters. The van der Waals surface area contributed by atoms with Crippen molar-refractivity contribution in [3.8, 4) is 0 Å². The molecule has 0 amide bonds. The van der Waals surface area contributed by atoms with Crippen LogP contribution in [0.2, 0.25) is 0 Å². The van der Waals surface area contributed by atoms with E-state index in [0.717, 1.165) is 12.6 Å². The van der Waals surface area contributed by atoms with Gasteiger partial charge in [-0.25, -0.2) is 0 Å². The second-order valence-electron chi connectivity index (χ2n) is 4.96. The van der Waals surface area contributed by atoms with E-state index in [-0.39, 0.29) is 0 Å². The minimum absolute atomic E-state index is 0.603. The van der Waals surface area contributed by atoms with Crippen molar-refractivity contribution < 1.29 is 0 Å². The van der Waals surface area contributed by atoms with Gasteiger partial charge in [-0.05, 0) is 13.5 Å². The first-order valence-corrected chi connectivity index (χ1v) is 6.29. The van der Waals surface area contributed by atoms with Gasteiger partial charge in [0.05, 0.1) is 0 Å². The Morgan fingerprint density at radius 3 is 2.20 bits per heavy atom. The van der Waals surface area contributed by atoms with Gasteiger partial charge in [0, 0.05) is 44.8 Å². The first-order valence-electron chi connectivity index (χ1n) is 6.29. The van der Waals surface area contributed by atoms with Crippen LogP contribution in [-0.2, 0) is 0 Å². The topological polar surface area (TPSA) is 18.5 Å². The summed E-state index contributed by atoms with van der Waals surface area (Å²) in [6.45, 7) is 12.8. The number of nitrogens with zero attached hydrogens (tertiary/aromatic N) is 2. The van der Waals surface area contributed by atoms with E-state index in [9.17, 15) is 0 Å². The molecule has 1 aliphatic rings. The first kappa shape index (κ1) is 12.9. The lowest BCUT2D eigenvalue weighted by atomic mass is 10.1. The number of piperazine rings is 1. The van der Waals surface area contributed by atoms with E-state index in [1.54, 1.807) is 0 Å². The molecule has 1 aliphatic heterocycles. The summed E-state index contributed by atoms with van der Waals surface area (Å²) in [7, 11) is 2.21. The van der Waals surface area contributed by atoms with Crippen molar-refractivity contribution in [2.75, 3.05) is 39.8 Å². The fraction of sp³-hybridized carbons (Fsp3) is 1.00. The second kappa shape index (κ2) is 6.46. The largest absolute Gasteiger partial charge is 0.313 e. The molecule has 1 heterocycles. The highest BCUT2D eigenvalue weighted by Gasteiger charge is 2.20. The Labute approximate surface area is 94.8 Å². The number of nitrogens with one attached hydrogen (secondary N) is 1. The third-order valence-electron chi connectivity index (χ3n) is 3.29. The van der Waals surface area contributed by atoms with Crippen LogP contribution in [0.1, 0.15) is 27.2 Å². The van der Waals surface area contributed by atoms with E-state index in [1.807, 2.05) is 0 Å². The van der Waals surface area contributed by atoms with Crippen molar-refractivity contribution in [3.05, 3.63) is 0 Å². The summed E-state index contributed by atoms with van der Waals surface area (Å²) < 4.78 is 0. The standard InChI is InChI=1S/C12H27N3/c1-5-12(10-13-11(2)3)15-8-6-14(4)7-9-15/h11-13H,5-10H2,1-4H3. The summed E-state index contributed by atoms with van der Waals surface area (Å²) >= 11 is 0. The summed E-state index contributed by atoms with van der Waals surface area (Å²) in [4.78, 5) is 5.05. The van der Waals surface area contributed by atoms with Gasteiger partial charge in [0.2, 0.25) is 0 Å². The van der Waals surface area contributed by atoms with E-state index in [2.05, 4.69) is 42.9 Å². The lowest BCUT2D eigenvalue weighted by Crippen LogP contribution is -2.52. The zero-order chi connectivity index (χ0) is 11.3. The molecule has 15 heavy (non-hydrogen) atoms. The predicted molar refractivity (Wildman–Crippen MR) is 66.3 cm³/mol. The zero-order valence-electron chi connectivity index (χ0n) is 10.8. The Bertz CT molecular complexity index is 162. The van der Waals surface area contributed by atoms with Gasteiger partial charge in [0.15, 0.2) is 0 Å². The Hall–Kier alpha value is -0.120. The smallest absolute Gasteiger partial charge is 0.0219 e. The van der Waals surface area contributed by atoms with Crippen molar-refractivity contribution in [3.63, 3.8) is 0 Å². The van der Waals surface area contributed by atoms with Crippen molar-refractivity contribution in [1.82, 2.24) is 15.1 Å². The lowest BCUT2D eigenvalue weighted by Gasteiger charge is -2.38. The summed E-state index contributed by atoms with van der Waals surface area (Å²) in [6.07, 6.45) is 1.25. The molecule has 0 spiro atoms. The van der Waals surface area contributed by atoms with Gasteiger partial charge in [-0.3, -0.25) is 4.90 Å². The third kappa shape index (κ3) is 4.49. The SMILES string of the molecule is CCC(CNC(C)C)N1CCN(C)CC1. The van der Waals surface area contributed by atoms with E-state index in [1.165, 1.54) is 32.6 Å². The molecule has 0 aliphatic carbocycles. The Morgan fingerprint density at radius 2 is 1.73 bits per heavy atom. The van der Waals surface area contributed by atoms with Crippen LogP contribution in [0.5, 0.6) is 0 Å². The molecule has 0 bridgehead atoms. The summed E-state index contributed by atoms with van der Waals surface area (Å²) in [5, 5.41) is 3.55. The van der Waals surface area contributed by atoms with Gasteiger partial charge in [0.25, 0.3) is 0 Å². The Morgan fingerprint density at radius 1 is 1.13 bits per heavy atom. The van der Waals surface area contributed by atoms with Gasteiger partial charge in [-0.1, -0.05) is 20.8 Å². The molecule has 1 rings (SSSR count). The van der Waals surface area contributed by atoms with E-state index < -0.39 is 0 Å². The number of likely N-dealkylation sites (N-methyl/N-ethyl adjacent to an activating group) is 1. The fourth-order valence-corrected chi connectivity index (χ4v) is 2.09. The van der Waals surface area contributed by atoms with Crippen LogP contribution in [0.4, 0.5) is 0 Å². The molecule has 90 valence electrons. The molecule has 0 radical (unpaired) electrons. The van der Waals surface area contributed by atoms with Crippen molar-refractivity contribution in [2.24, 2.45) is 0 Å². The maximum atomic E-state index is 3.55. The van der Waals surface area contributed by atoms with Crippen LogP contribution in [-0.4, -0.2) is 61.7 Å². The highest BCUT2D eigenvalue weighted by atomic mass is 15.3. The van der Waals surface area contributed by atoms with E-state index in [0.29, 0.717) is 6.04 Å². The van der Waals surface area contributed by atoms with Crippen LogP contribution in [0, 0.1) is 0 Å². The van der Waals surface area contributed by atoms with E-state index >= 15 is 0 Å². The first-order chi connectivity index (χ1) is 7.13. The maximum Gasteiger partial charge on any atom is 0.0219 e. The molecule has 0 aromatic carbocycles. The monoisotopic (exact) mass is 213 g/mol. The van der Waals surface area contributed by atoms with Gasteiger partial charge >= 0.3 is 0 Å². The molecule has 3 heteroatoms. The van der Waals surface area contributed by atoms with Crippen LogP contribution < -0.4 is 5.32 Å². The number of hydrogen-bond acceptors (Lipinski definition) is 3. The van der Waals surface area contributed by atoms with Gasteiger partial charge in [0.1, 0.15) is 0 Å². The molecular weight excluding hydrogens is 186 g/mol. The molecule has 0 aromatic heterocycles. The quantitative estimate of drug-likeness (QED) is 0.735. The molecule has 0 saturated carbocycles. The van der Waals surface area contributed by atoms with Crippen LogP contribution in [0.3, 0.4) is 0 Å². The van der Waals surface area contributed by atoms with Crippen LogP contribution in [0.25, 0.3) is 0 Å². The average molecular weight is 213 g/mol. The zero-order valence-corrected chi connectivity index (χ0v) is 10.8. The Kier molecular flexibility index (Phi) is 5.58. The van der Waals surface area contributed by atoms with Crippen molar-refractivity contribution in [2.45, 2.75) is 39.3 Å². The second-order valence-corrected chi connectivity index (χ2v) is 4.96. The molecular formula is C12H27N3. The summed E-state index contributed by atoms with van der Waals surface area (Å²) in [5.74, 6) is 0. The Balaban J connectivity index is 2.31. The minimum Gasteiger partial charge on any atom is -0.313 e. The average Bonchev–Trinajstić information content (AvgIpc) is 2.21. The normalized spacial score (nSPS) is 22.2. The number of rotatable bonds is 5.